The number of anilines is 2. The van der Waals surface area contributed by atoms with Gasteiger partial charge in [0.2, 0.25) is 5.91 Å². The quantitative estimate of drug-likeness (QED) is 0.613. The Kier molecular flexibility index (Phi) is 5.16. The molecule has 0 saturated carbocycles. The standard InChI is InChI=1S/C24H26F2N4O2/c1-13(15-7-6-8-16(9-15)24(25,26)12-31)27-21-18-11-20-19(10-17(18)14(2)28-29-21)23(3,4)22(32)30(20)5/h6-11,13,31H,12H2,1-5H3,(H,27,29)/t13-/m1/s1. The number of hydrogen-bond donors (Lipinski definition) is 2. The Bertz CT molecular complexity index is 1230. The van der Waals surface area contributed by atoms with Crippen molar-refractivity contribution in [2.45, 2.75) is 45.1 Å². The molecular weight excluding hydrogens is 414 g/mol. The number of likely N-dealkylation sites (N-methyl/N-ethyl adjacent to an activating group) is 1. The summed E-state index contributed by atoms with van der Waals surface area (Å²) in [5.74, 6) is -2.78. The van der Waals surface area contributed by atoms with E-state index in [-0.39, 0.29) is 17.5 Å². The summed E-state index contributed by atoms with van der Waals surface area (Å²) in [6.07, 6.45) is 0. The van der Waals surface area contributed by atoms with Gasteiger partial charge in [-0.05, 0) is 57.0 Å². The number of halogens is 2. The molecule has 32 heavy (non-hydrogen) atoms. The second-order valence-corrected chi connectivity index (χ2v) is 8.89. The first-order valence-corrected chi connectivity index (χ1v) is 10.4. The highest BCUT2D eigenvalue weighted by atomic mass is 19.3. The maximum Gasteiger partial charge on any atom is 0.295 e. The van der Waals surface area contributed by atoms with E-state index in [0.29, 0.717) is 11.4 Å². The molecule has 4 rings (SSSR count). The van der Waals surface area contributed by atoms with E-state index >= 15 is 0 Å². The van der Waals surface area contributed by atoms with Crippen molar-refractivity contribution in [3.05, 3.63) is 58.8 Å². The lowest BCUT2D eigenvalue weighted by Gasteiger charge is -2.20. The van der Waals surface area contributed by atoms with Crippen LogP contribution in [-0.2, 0) is 16.1 Å². The van der Waals surface area contributed by atoms with Crippen LogP contribution < -0.4 is 10.2 Å². The SMILES string of the molecule is Cc1nnc(N[C@H](C)c2cccc(C(F)(F)CO)c2)c2cc3c(cc12)C(C)(C)C(=O)N3C. The predicted octanol–water partition coefficient (Wildman–Crippen LogP) is 4.45. The van der Waals surface area contributed by atoms with Crippen LogP contribution in [0.25, 0.3) is 10.8 Å². The Balaban J connectivity index is 1.76. The maximum atomic E-state index is 13.9. The normalized spacial score (nSPS) is 16.4. The summed E-state index contributed by atoms with van der Waals surface area (Å²) in [5, 5.41) is 22.5. The molecule has 3 aromatic rings. The average Bonchev–Trinajstić information content (AvgIpc) is 2.94. The van der Waals surface area contributed by atoms with Crippen molar-refractivity contribution >= 4 is 28.2 Å². The van der Waals surface area contributed by atoms with E-state index in [1.54, 1.807) is 24.1 Å². The van der Waals surface area contributed by atoms with E-state index in [2.05, 4.69) is 15.5 Å². The fraction of sp³-hybridized carbons (Fsp3) is 0.375. The molecule has 0 saturated heterocycles. The highest BCUT2D eigenvalue weighted by Gasteiger charge is 2.42. The van der Waals surface area contributed by atoms with Gasteiger partial charge < -0.3 is 15.3 Å². The molecule has 1 aromatic heterocycles. The third kappa shape index (κ3) is 3.39. The van der Waals surface area contributed by atoms with Gasteiger partial charge in [-0.25, -0.2) is 0 Å². The summed E-state index contributed by atoms with van der Waals surface area (Å²) >= 11 is 0. The number of rotatable bonds is 5. The van der Waals surface area contributed by atoms with Crippen molar-refractivity contribution in [2.75, 3.05) is 23.9 Å². The van der Waals surface area contributed by atoms with E-state index in [1.165, 1.54) is 12.1 Å². The summed E-state index contributed by atoms with van der Waals surface area (Å²) in [4.78, 5) is 14.4. The van der Waals surface area contributed by atoms with E-state index in [0.717, 1.165) is 27.7 Å². The van der Waals surface area contributed by atoms with Gasteiger partial charge in [-0.1, -0.05) is 18.2 Å². The maximum absolute atomic E-state index is 13.9. The molecule has 2 heterocycles. The summed E-state index contributed by atoms with van der Waals surface area (Å²) in [6.45, 7) is 6.27. The largest absolute Gasteiger partial charge is 0.390 e. The zero-order valence-electron chi connectivity index (χ0n) is 18.7. The van der Waals surface area contributed by atoms with Crippen LogP contribution in [0.2, 0.25) is 0 Å². The molecule has 0 radical (unpaired) electrons. The molecule has 168 valence electrons. The third-order valence-electron chi connectivity index (χ3n) is 6.32. The molecule has 6 nitrogen and oxygen atoms in total. The van der Waals surface area contributed by atoms with E-state index in [4.69, 9.17) is 5.11 Å². The van der Waals surface area contributed by atoms with Crippen LogP contribution in [-0.4, -0.2) is 34.9 Å². The summed E-state index contributed by atoms with van der Waals surface area (Å²) < 4.78 is 27.9. The van der Waals surface area contributed by atoms with Gasteiger partial charge in [-0.3, -0.25) is 4.79 Å². The lowest BCUT2D eigenvalue weighted by molar-refractivity contribution is -0.121. The van der Waals surface area contributed by atoms with Gasteiger partial charge in [-0.15, -0.1) is 5.10 Å². The molecule has 0 bridgehead atoms. The minimum atomic E-state index is -3.31. The second-order valence-electron chi connectivity index (χ2n) is 8.89. The van der Waals surface area contributed by atoms with Gasteiger partial charge in [0.1, 0.15) is 6.61 Å². The number of amides is 1. The Hall–Kier alpha value is -3.13. The van der Waals surface area contributed by atoms with Crippen molar-refractivity contribution in [3.63, 3.8) is 0 Å². The Labute approximate surface area is 185 Å². The van der Waals surface area contributed by atoms with Gasteiger partial charge in [0.25, 0.3) is 5.92 Å². The monoisotopic (exact) mass is 440 g/mol. The minimum absolute atomic E-state index is 0.0193. The molecule has 1 atom stereocenters. The van der Waals surface area contributed by atoms with Gasteiger partial charge in [0.05, 0.1) is 17.2 Å². The minimum Gasteiger partial charge on any atom is -0.390 e. The Morgan fingerprint density at radius 1 is 1.19 bits per heavy atom. The predicted molar refractivity (Wildman–Crippen MR) is 120 cm³/mol. The van der Waals surface area contributed by atoms with Gasteiger partial charge in [0, 0.05) is 29.1 Å². The van der Waals surface area contributed by atoms with Crippen LogP contribution in [0.1, 0.15) is 49.2 Å². The first-order valence-electron chi connectivity index (χ1n) is 10.4. The third-order valence-corrected chi connectivity index (χ3v) is 6.32. The van der Waals surface area contributed by atoms with Crippen molar-refractivity contribution in [3.8, 4) is 0 Å². The number of aliphatic hydroxyl groups is 1. The molecule has 2 aromatic carbocycles. The highest BCUT2D eigenvalue weighted by Crippen LogP contribution is 2.44. The van der Waals surface area contributed by atoms with Gasteiger partial charge in [0.15, 0.2) is 5.82 Å². The average molecular weight is 440 g/mol. The van der Waals surface area contributed by atoms with Crippen molar-refractivity contribution in [2.24, 2.45) is 0 Å². The fourth-order valence-corrected chi connectivity index (χ4v) is 4.26. The first-order chi connectivity index (χ1) is 15.0. The molecule has 1 aliphatic heterocycles. The van der Waals surface area contributed by atoms with Crippen LogP contribution in [0.5, 0.6) is 0 Å². The number of carbonyl (C=O) groups excluding carboxylic acids is 1. The van der Waals surface area contributed by atoms with E-state index in [9.17, 15) is 13.6 Å². The molecular formula is C24H26F2N4O2. The van der Waals surface area contributed by atoms with Crippen LogP contribution >= 0.6 is 0 Å². The molecule has 0 spiro atoms. The number of alkyl halides is 2. The Morgan fingerprint density at radius 3 is 2.59 bits per heavy atom. The van der Waals surface area contributed by atoms with Crippen molar-refractivity contribution in [1.82, 2.24) is 10.2 Å². The zero-order valence-corrected chi connectivity index (χ0v) is 18.7. The van der Waals surface area contributed by atoms with E-state index < -0.39 is 17.9 Å². The number of carbonyl (C=O) groups is 1. The van der Waals surface area contributed by atoms with E-state index in [1.807, 2.05) is 39.8 Å². The summed E-state index contributed by atoms with van der Waals surface area (Å²) in [7, 11) is 1.76. The number of benzene rings is 2. The number of fused-ring (bicyclic) bond motifs is 2. The number of nitrogens with zero attached hydrogens (tertiary/aromatic N) is 3. The highest BCUT2D eigenvalue weighted by molar-refractivity contribution is 6.10. The molecule has 0 unspecified atom stereocenters. The molecule has 2 N–H and O–H groups in total. The van der Waals surface area contributed by atoms with Gasteiger partial charge in [-0.2, -0.15) is 13.9 Å². The number of nitrogens with one attached hydrogen (secondary N) is 1. The fourth-order valence-electron chi connectivity index (χ4n) is 4.26. The van der Waals surface area contributed by atoms with Crippen LogP contribution in [0.3, 0.4) is 0 Å². The molecule has 0 aliphatic carbocycles. The zero-order chi connectivity index (χ0) is 23.4. The summed E-state index contributed by atoms with van der Waals surface area (Å²) in [6, 6.07) is 9.54. The van der Waals surface area contributed by atoms with Crippen LogP contribution in [0.15, 0.2) is 36.4 Å². The number of hydrogen-bond acceptors (Lipinski definition) is 5. The van der Waals surface area contributed by atoms with Crippen molar-refractivity contribution in [1.29, 1.82) is 0 Å². The summed E-state index contributed by atoms with van der Waals surface area (Å²) in [5.41, 5.74) is 2.25. The molecule has 0 fully saturated rings. The molecule has 8 heteroatoms. The van der Waals surface area contributed by atoms with Crippen molar-refractivity contribution < 1.29 is 18.7 Å². The smallest absolute Gasteiger partial charge is 0.295 e. The lowest BCUT2D eigenvalue weighted by atomic mass is 9.85. The Morgan fingerprint density at radius 2 is 1.91 bits per heavy atom. The van der Waals surface area contributed by atoms with Gasteiger partial charge >= 0.3 is 0 Å². The topological polar surface area (TPSA) is 78.4 Å². The molecule has 1 amide bonds. The number of aliphatic hydroxyl groups excluding tert-OH is 1. The van der Waals surface area contributed by atoms with Crippen LogP contribution in [0.4, 0.5) is 20.3 Å². The van der Waals surface area contributed by atoms with Crippen LogP contribution in [0, 0.1) is 6.92 Å². The second kappa shape index (κ2) is 7.48. The number of aromatic nitrogens is 2. The first kappa shape index (κ1) is 22.1. The lowest BCUT2D eigenvalue weighted by Crippen LogP contribution is -2.33. The number of aryl methyl sites for hydroxylation is 1. The molecule has 1 aliphatic rings.